The zero-order valence-electron chi connectivity index (χ0n) is 12.2. The van der Waals surface area contributed by atoms with Crippen molar-refractivity contribution in [3.63, 3.8) is 0 Å². The van der Waals surface area contributed by atoms with Gasteiger partial charge in [0.1, 0.15) is 0 Å². The van der Waals surface area contributed by atoms with Gasteiger partial charge in [-0.2, -0.15) is 4.31 Å². The maximum Gasteiger partial charge on any atom is 0.211 e. The Kier molecular flexibility index (Phi) is 9.03. The Morgan fingerprint density at radius 1 is 1.00 bits per heavy atom. The van der Waals surface area contributed by atoms with Gasteiger partial charge in [0.05, 0.1) is 6.26 Å². The highest BCUT2D eigenvalue weighted by Gasteiger charge is 2.47. The summed E-state index contributed by atoms with van der Waals surface area (Å²) in [5.41, 5.74) is -0.0235. The smallest absolute Gasteiger partial charge is 0.211 e. The molecule has 0 heterocycles. The van der Waals surface area contributed by atoms with Crippen LogP contribution in [-0.2, 0) is 10.0 Å². The molecule has 0 aromatic rings. The standard InChI is InChI=1S/C13H27NO2S.3CH4/c1-12(2,3)11-8-10(11)9-14(13(4,5)6)17(7,15)16;;;/h10-11H,8-9H2,1-7H3;3*1H4/t10-,11-;;;/m1.../s1. The molecular formula is C16H39NO2S. The molecule has 0 unspecified atom stereocenters. The Morgan fingerprint density at radius 2 is 1.40 bits per heavy atom. The van der Waals surface area contributed by atoms with E-state index in [1.54, 1.807) is 4.31 Å². The Hall–Kier alpha value is -0.0900. The topological polar surface area (TPSA) is 37.4 Å². The summed E-state index contributed by atoms with van der Waals surface area (Å²) in [5.74, 6) is 1.19. The van der Waals surface area contributed by atoms with Gasteiger partial charge in [-0.15, -0.1) is 0 Å². The molecule has 0 N–H and O–H groups in total. The van der Waals surface area contributed by atoms with Crippen molar-refractivity contribution >= 4 is 10.0 Å². The van der Waals surface area contributed by atoms with Crippen LogP contribution in [-0.4, -0.2) is 31.1 Å². The second kappa shape index (κ2) is 7.26. The minimum atomic E-state index is -3.11. The predicted octanol–water partition coefficient (Wildman–Crippen LogP) is 4.64. The van der Waals surface area contributed by atoms with Crippen LogP contribution >= 0.6 is 0 Å². The average Bonchev–Trinajstić information content (AvgIpc) is 2.72. The molecule has 1 aliphatic carbocycles. The maximum atomic E-state index is 11.8. The summed E-state index contributed by atoms with van der Waals surface area (Å²) in [5, 5.41) is 0. The van der Waals surface area contributed by atoms with E-state index < -0.39 is 10.0 Å². The molecule has 0 aromatic heterocycles. The summed E-state index contributed by atoms with van der Waals surface area (Å²) in [6.07, 6.45) is 2.47. The molecule has 4 heteroatoms. The number of hydrogen-bond donors (Lipinski definition) is 0. The Balaban J connectivity index is -0.000000963. The molecule has 2 atom stereocenters. The van der Waals surface area contributed by atoms with E-state index in [2.05, 4.69) is 20.8 Å². The number of sulfonamides is 1. The fourth-order valence-electron chi connectivity index (χ4n) is 2.63. The lowest BCUT2D eigenvalue weighted by atomic mass is 9.89. The van der Waals surface area contributed by atoms with Gasteiger partial charge >= 0.3 is 0 Å². The molecule has 1 rings (SSSR count). The molecule has 0 radical (unpaired) electrons. The third-order valence-electron chi connectivity index (χ3n) is 3.58. The maximum absolute atomic E-state index is 11.8. The van der Waals surface area contributed by atoms with Crippen LogP contribution in [0.25, 0.3) is 0 Å². The number of nitrogens with zero attached hydrogens (tertiary/aromatic N) is 1. The Bertz CT molecular complexity index is 374. The molecule has 0 saturated heterocycles. The zero-order valence-corrected chi connectivity index (χ0v) is 13.1. The van der Waals surface area contributed by atoms with Crippen LogP contribution in [0.4, 0.5) is 0 Å². The van der Waals surface area contributed by atoms with Crippen molar-refractivity contribution in [1.82, 2.24) is 4.31 Å². The molecule has 0 spiro atoms. The van der Waals surface area contributed by atoms with E-state index in [1.807, 2.05) is 20.8 Å². The highest BCUT2D eigenvalue weighted by Crippen LogP contribution is 2.51. The largest absolute Gasteiger partial charge is 0.212 e. The normalized spacial score (nSPS) is 22.4. The van der Waals surface area contributed by atoms with E-state index in [1.165, 1.54) is 6.26 Å². The third kappa shape index (κ3) is 6.57. The first-order chi connectivity index (χ1) is 7.33. The van der Waals surface area contributed by atoms with Crippen molar-refractivity contribution in [2.24, 2.45) is 17.3 Å². The van der Waals surface area contributed by atoms with Gasteiger partial charge in [0.25, 0.3) is 0 Å². The van der Waals surface area contributed by atoms with Gasteiger partial charge in [0, 0.05) is 12.1 Å². The molecule has 1 saturated carbocycles. The fourth-order valence-corrected chi connectivity index (χ4v) is 4.09. The molecular weight excluding hydrogens is 270 g/mol. The Labute approximate surface area is 129 Å². The zero-order chi connectivity index (χ0) is 13.6. The first kappa shape index (κ1) is 24.9. The quantitative estimate of drug-likeness (QED) is 0.761. The summed E-state index contributed by atoms with van der Waals surface area (Å²) >= 11 is 0. The molecule has 0 aliphatic heterocycles. The van der Waals surface area contributed by atoms with Gasteiger partial charge in [0.15, 0.2) is 0 Å². The summed E-state index contributed by atoms with van der Waals surface area (Å²) in [6.45, 7) is 13.3. The van der Waals surface area contributed by atoms with Crippen molar-refractivity contribution in [2.45, 2.75) is 75.8 Å². The van der Waals surface area contributed by atoms with E-state index in [0.717, 1.165) is 6.42 Å². The van der Waals surface area contributed by atoms with Gasteiger partial charge in [-0.25, -0.2) is 8.42 Å². The molecule has 3 nitrogen and oxygen atoms in total. The molecule has 0 bridgehead atoms. The summed E-state index contributed by atoms with van der Waals surface area (Å²) in [7, 11) is -3.11. The van der Waals surface area contributed by atoms with Crippen molar-refractivity contribution < 1.29 is 8.42 Å². The van der Waals surface area contributed by atoms with E-state index >= 15 is 0 Å². The van der Waals surface area contributed by atoms with Gasteiger partial charge in [-0.1, -0.05) is 43.1 Å². The van der Waals surface area contributed by atoms with Crippen LogP contribution in [0.3, 0.4) is 0 Å². The number of rotatable bonds is 3. The van der Waals surface area contributed by atoms with E-state index in [9.17, 15) is 8.42 Å². The van der Waals surface area contributed by atoms with E-state index in [0.29, 0.717) is 23.8 Å². The first-order valence-corrected chi connectivity index (χ1v) is 8.16. The van der Waals surface area contributed by atoms with Crippen LogP contribution in [0, 0.1) is 17.3 Å². The lowest BCUT2D eigenvalue weighted by molar-refractivity contribution is 0.226. The molecule has 20 heavy (non-hydrogen) atoms. The minimum Gasteiger partial charge on any atom is -0.212 e. The van der Waals surface area contributed by atoms with E-state index in [-0.39, 0.29) is 27.8 Å². The molecule has 0 amide bonds. The van der Waals surface area contributed by atoms with E-state index in [4.69, 9.17) is 0 Å². The minimum absolute atomic E-state index is 0. The van der Waals surface area contributed by atoms with Gasteiger partial charge < -0.3 is 0 Å². The van der Waals surface area contributed by atoms with Gasteiger partial charge in [-0.05, 0) is 44.4 Å². The highest BCUT2D eigenvalue weighted by molar-refractivity contribution is 7.88. The van der Waals surface area contributed by atoms with Crippen LogP contribution < -0.4 is 0 Å². The summed E-state index contributed by atoms with van der Waals surface area (Å²) in [4.78, 5) is 0. The predicted molar refractivity (Wildman–Crippen MR) is 92.5 cm³/mol. The molecule has 126 valence electrons. The van der Waals surface area contributed by atoms with Crippen LogP contribution in [0.15, 0.2) is 0 Å². The first-order valence-electron chi connectivity index (χ1n) is 6.31. The molecule has 0 aromatic carbocycles. The number of hydrogen-bond acceptors (Lipinski definition) is 2. The van der Waals surface area contributed by atoms with Crippen molar-refractivity contribution in [3.8, 4) is 0 Å². The van der Waals surface area contributed by atoms with Crippen LogP contribution in [0.2, 0.25) is 0 Å². The second-order valence-electron chi connectivity index (χ2n) is 7.43. The third-order valence-corrected chi connectivity index (χ3v) is 5.08. The average molecular weight is 310 g/mol. The van der Waals surface area contributed by atoms with Crippen LogP contribution in [0.1, 0.15) is 70.2 Å². The summed E-state index contributed by atoms with van der Waals surface area (Å²) in [6, 6.07) is 0. The van der Waals surface area contributed by atoms with Gasteiger partial charge in [0.2, 0.25) is 10.0 Å². The molecule has 1 aliphatic rings. The SMILES string of the molecule is C.C.C.CC(C)(C)[C@@H]1C[C@@H]1CN(C(C)(C)C)S(C)(=O)=O. The second-order valence-corrected chi connectivity index (χ2v) is 9.34. The van der Waals surface area contributed by atoms with Crippen molar-refractivity contribution in [3.05, 3.63) is 0 Å². The lowest BCUT2D eigenvalue weighted by Gasteiger charge is -2.34. The Morgan fingerprint density at radius 3 is 1.60 bits per heavy atom. The summed E-state index contributed by atoms with van der Waals surface area (Å²) < 4.78 is 25.3. The van der Waals surface area contributed by atoms with Crippen LogP contribution in [0.5, 0.6) is 0 Å². The lowest BCUT2D eigenvalue weighted by Crippen LogP contribution is -2.46. The van der Waals surface area contributed by atoms with Gasteiger partial charge in [-0.3, -0.25) is 0 Å². The molecule has 1 fully saturated rings. The van der Waals surface area contributed by atoms with Crippen molar-refractivity contribution in [2.75, 3.05) is 12.8 Å². The fraction of sp³-hybridized carbons (Fsp3) is 1.00. The highest BCUT2D eigenvalue weighted by atomic mass is 32.2. The van der Waals surface area contributed by atoms with Crippen molar-refractivity contribution in [1.29, 1.82) is 0 Å². The monoisotopic (exact) mass is 309 g/mol.